The number of rotatable bonds is 8. The van der Waals surface area contributed by atoms with E-state index >= 15 is 0 Å². The maximum Gasteiger partial charge on any atom is 2.00 e. The Balaban J connectivity index is 0. The molecule has 32 heteroatoms. The SMILES string of the molecule is O.O.O.O.O=S(=O)([O-])c1cccc2c(S(=O)(=O)[O-])cccc12.O=S(=O)([O-])c1cccc2c(S(=O)(=O)[O-])cccc12.[Cd+2].[Cd+2].[OH3+].[OH3+].c1ccc(-c2ccccn2)nc1.c1ccc(-c2ccccn2)nc1.c1ccc(-c2ccccn2)nc1.c1ccc(-c2ccccn2)nc1. The molecule has 12 aromatic rings. The average Bonchev–Trinajstić information content (AvgIpc) is 0.785. The van der Waals surface area contributed by atoms with E-state index in [-0.39, 0.29) is 109 Å². The molecular formula is C60H58Cd2N8O18S4+2. The quantitative estimate of drug-likeness (QED) is 0.113. The van der Waals surface area contributed by atoms with E-state index in [9.17, 15) is 51.9 Å². The zero-order valence-electron chi connectivity index (χ0n) is 48.1. The van der Waals surface area contributed by atoms with Gasteiger partial charge in [-0.25, -0.2) is 33.7 Å². The van der Waals surface area contributed by atoms with Crippen molar-refractivity contribution in [3.8, 4) is 45.6 Å². The fourth-order valence-electron chi connectivity index (χ4n) is 7.49. The molecule has 12 rings (SSSR count). The van der Waals surface area contributed by atoms with Gasteiger partial charge in [-0.1, -0.05) is 97.1 Å². The number of hydrogen-bond acceptors (Lipinski definition) is 20. The van der Waals surface area contributed by atoms with E-state index in [1.807, 2.05) is 146 Å². The molecule has 0 aliphatic rings. The Morgan fingerprint density at radius 2 is 0.337 bits per heavy atom. The second-order valence-corrected chi connectivity index (χ2v) is 22.1. The van der Waals surface area contributed by atoms with Gasteiger partial charge >= 0.3 is 54.6 Å². The number of nitrogens with zero attached hydrogens (tertiary/aromatic N) is 8. The van der Waals surface area contributed by atoms with Gasteiger partial charge in [-0.05, 0) is 121 Å². The van der Waals surface area contributed by atoms with Crippen LogP contribution in [0.15, 0.2) is 288 Å². The molecule has 0 bridgehead atoms. The summed E-state index contributed by atoms with van der Waals surface area (Å²) in [5.41, 5.74) is 7.32. The van der Waals surface area contributed by atoms with Crippen LogP contribution in [0.4, 0.5) is 0 Å². The van der Waals surface area contributed by atoms with Crippen LogP contribution in [0.3, 0.4) is 0 Å². The summed E-state index contributed by atoms with van der Waals surface area (Å²) in [4.78, 5) is 31.3. The number of hydrogen-bond donors (Lipinski definition) is 0. The van der Waals surface area contributed by atoms with Gasteiger partial charge in [-0.3, -0.25) is 39.9 Å². The van der Waals surface area contributed by atoms with Crippen LogP contribution in [-0.4, -0.2) is 114 Å². The summed E-state index contributed by atoms with van der Waals surface area (Å²) < 4.78 is 132. The Bertz CT molecular complexity index is 3810. The molecule has 26 nitrogen and oxygen atoms in total. The van der Waals surface area contributed by atoms with Crippen LogP contribution in [0, 0.1) is 0 Å². The first kappa shape index (κ1) is 85.9. The third-order valence-electron chi connectivity index (χ3n) is 11.1. The Hall–Kier alpha value is -8.16. The Labute approximate surface area is 569 Å². The van der Waals surface area contributed by atoms with Gasteiger partial charge in [0.15, 0.2) is 0 Å². The largest absolute Gasteiger partial charge is 2.00 e. The van der Waals surface area contributed by atoms with Crippen LogP contribution in [0.1, 0.15) is 0 Å². The predicted octanol–water partition coefficient (Wildman–Crippen LogP) is 4.72. The molecule has 0 saturated heterocycles. The first-order chi connectivity index (χ1) is 40.3. The molecule has 0 saturated carbocycles. The third kappa shape index (κ3) is 25.9. The summed E-state index contributed by atoms with van der Waals surface area (Å²) in [6.07, 6.45) is 14.1. The first-order valence-corrected chi connectivity index (χ1v) is 30.1. The number of fused-ring (bicyclic) bond motifs is 2. The van der Waals surface area contributed by atoms with Crippen molar-refractivity contribution in [2.45, 2.75) is 19.6 Å². The van der Waals surface area contributed by atoms with Crippen LogP contribution < -0.4 is 0 Å². The summed E-state index contributed by atoms with van der Waals surface area (Å²) in [7, 11) is -19.0. The van der Waals surface area contributed by atoms with E-state index in [2.05, 4.69) is 39.9 Å². The zero-order valence-corrected chi connectivity index (χ0v) is 59.4. The fraction of sp³-hybridized carbons (Fsp3) is 0. The molecule has 92 heavy (non-hydrogen) atoms. The maximum absolute atomic E-state index is 11.0. The monoisotopic (exact) mass is 1530 g/mol. The minimum atomic E-state index is -4.74. The van der Waals surface area contributed by atoms with Gasteiger partial charge in [0, 0.05) is 71.1 Å². The van der Waals surface area contributed by atoms with Crippen LogP contribution in [-0.2, 0) is 106 Å². The predicted molar refractivity (Wildman–Crippen MR) is 334 cm³/mol. The van der Waals surface area contributed by atoms with E-state index in [1.165, 1.54) is 48.5 Å². The molecule has 0 spiro atoms. The first-order valence-electron chi connectivity index (χ1n) is 24.5. The van der Waals surface area contributed by atoms with Crippen LogP contribution in [0.2, 0.25) is 0 Å². The minimum absolute atomic E-state index is 0. The van der Waals surface area contributed by atoms with Crippen molar-refractivity contribution < 1.29 is 139 Å². The van der Waals surface area contributed by atoms with Gasteiger partial charge in [-0.15, -0.1) is 0 Å². The molecule has 4 aromatic carbocycles. The molecule has 0 fully saturated rings. The van der Waals surface area contributed by atoms with Crippen LogP contribution >= 0.6 is 0 Å². The molecule has 472 valence electrons. The van der Waals surface area contributed by atoms with Crippen molar-refractivity contribution in [3.63, 3.8) is 0 Å². The molecule has 0 atom stereocenters. The van der Waals surface area contributed by atoms with Crippen LogP contribution in [0.25, 0.3) is 67.1 Å². The van der Waals surface area contributed by atoms with Gasteiger partial charge in [-0.2, -0.15) is 0 Å². The Kier molecular flexibility index (Phi) is 38.6. The van der Waals surface area contributed by atoms with Gasteiger partial charge in [0.2, 0.25) is 0 Å². The number of benzene rings is 4. The van der Waals surface area contributed by atoms with E-state index in [4.69, 9.17) is 0 Å². The molecule has 0 radical (unpaired) electrons. The Morgan fingerprint density at radius 3 is 0.435 bits per heavy atom. The van der Waals surface area contributed by atoms with Crippen LogP contribution in [0.5, 0.6) is 0 Å². The van der Waals surface area contributed by atoms with Gasteiger partial charge < -0.3 is 51.1 Å². The molecule has 0 aliphatic carbocycles. The summed E-state index contributed by atoms with van der Waals surface area (Å²) in [5.74, 6) is 0. The second kappa shape index (κ2) is 41.4. The van der Waals surface area contributed by atoms with Crippen molar-refractivity contribution in [1.29, 1.82) is 0 Å². The molecular weight excluding hydrogens is 1470 g/mol. The number of aromatic nitrogens is 8. The molecule has 0 amide bonds. The van der Waals surface area contributed by atoms with Gasteiger partial charge in [0.05, 0.1) is 65.1 Å². The Morgan fingerprint density at radius 1 is 0.207 bits per heavy atom. The standard InChI is InChI=1S/4C10H8N2.2C10H8O6S2.2Cd.6H2O/c4*1-3-7-11-9(5-1)10-6-2-4-8-12-10;2*11-17(12,13)9-5-1-3-7-8(9)4-2-6-10(7)18(14,15)16;;;;;;;;/h4*1-8H;2*1-6H,(H,11,12,13)(H,14,15,16);;;6*1H2/q;;;;;;2*+2;;;;;;/p-2. The van der Waals surface area contributed by atoms with E-state index < -0.39 is 60.1 Å². The molecule has 8 heterocycles. The van der Waals surface area contributed by atoms with Gasteiger partial charge in [0.25, 0.3) is 0 Å². The summed E-state index contributed by atoms with van der Waals surface area (Å²) in [6, 6.07) is 60.6. The van der Waals surface area contributed by atoms with Crippen molar-refractivity contribution in [2.75, 3.05) is 0 Å². The van der Waals surface area contributed by atoms with Crippen molar-refractivity contribution in [2.24, 2.45) is 0 Å². The van der Waals surface area contributed by atoms with E-state index in [0.717, 1.165) is 69.8 Å². The molecule has 0 aliphatic heterocycles. The smallest absolute Gasteiger partial charge is 0.744 e. The normalized spacial score (nSPS) is 10.0. The van der Waals surface area contributed by atoms with Crippen molar-refractivity contribution in [3.05, 3.63) is 268 Å². The maximum atomic E-state index is 11.0. The van der Waals surface area contributed by atoms with E-state index in [0.29, 0.717) is 0 Å². The molecule has 0 unspecified atom stereocenters. The third-order valence-corrected chi connectivity index (χ3v) is 14.7. The van der Waals surface area contributed by atoms with Crippen molar-refractivity contribution in [1.82, 2.24) is 39.9 Å². The summed E-state index contributed by atoms with van der Waals surface area (Å²) in [5, 5.41) is -0.317. The summed E-state index contributed by atoms with van der Waals surface area (Å²) in [6.45, 7) is 0. The van der Waals surface area contributed by atoms with Crippen molar-refractivity contribution >= 4 is 62.0 Å². The fourth-order valence-corrected chi connectivity index (χ4v) is 10.3. The number of pyridine rings is 8. The summed E-state index contributed by atoms with van der Waals surface area (Å²) >= 11 is 0. The molecule has 8 aromatic heterocycles. The second-order valence-electron chi connectivity index (χ2n) is 16.8. The van der Waals surface area contributed by atoms with E-state index in [1.54, 1.807) is 49.6 Å². The molecule has 14 N–H and O–H groups in total. The topological polar surface area (TPSA) is 524 Å². The average molecular weight is 1530 g/mol. The van der Waals surface area contributed by atoms with Gasteiger partial charge in [0.1, 0.15) is 40.5 Å². The zero-order chi connectivity index (χ0) is 60.0. The minimum Gasteiger partial charge on any atom is -0.744 e.